The van der Waals surface area contributed by atoms with E-state index in [-0.39, 0.29) is 5.75 Å². The molecule has 1 atom stereocenters. The minimum Gasteiger partial charge on any atom is -0.347 e. The molecule has 0 radical (unpaired) electrons. The number of hydrogen-bond donors (Lipinski definition) is 0. The van der Waals surface area contributed by atoms with Crippen LogP contribution in [0.4, 0.5) is 5.69 Å². The Morgan fingerprint density at radius 1 is 1.32 bits per heavy atom. The van der Waals surface area contributed by atoms with Crippen molar-refractivity contribution in [3.63, 3.8) is 0 Å². The molecule has 1 unspecified atom stereocenters. The van der Waals surface area contributed by atoms with Gasteiger partial charge in [0.2, 0.25) is 0 Å². The van der Waals surface area contributed by atoms with Gasteiger partial charge in [0.05, 0.1) is 22.2 Å². The minimum atomic E-state index is -3.08. The van der Waals surface area contributed by atoms with Crippen LogP contribution in [0.1, 0.15) is 33.6 Å². The average molecular weight is 399 g/mol. The smallest absolute Gasteiger partial charge is 0.176 e. The van der Waals surface area contributed by atoms with E-state index >= 15 is 0 Å². The van der Waals surface area contributed by atoms with E-state index in [2.05, 4.69) is 28.0 Å². The summed E-state index contributed by atoms with van der Waals surface area (Å²) in [6, 6.07) is 8.76. The van der Waals surface area contributed by atoms with Crippen LogP contribution in [0.5, 0.6) is 0 Å². The van der Waals surface area contributed by atoms with Gasteiger partial charge >= 0.3 is 0 Å². The van der Waals surface area contributed by atoms with Crippen LogP contribution in [-0.4, -0.2) is 53.8 Å². The van der Waals surface area contributed by atoms with E-state index in [9.17, 15) is 8.42 Å². The molecular formula is C18H26N2O2S3. The molecule has 1 saturated heterocycles. The van der Waals surface area contributed by atoms with Crippen LogP contribution in [0.3, 0.4) is 0 Å². The van der Waals surface area contributed by atoms with Gasteiger partial charge in [-0.05, 0) is 51.0 Å². The van der Waals surface area contributed by atoms with Crippen molar-refractivity contribution in [2.24, 2.45) is 0 Å². The van der Waals surface area contributed by atoms with E-state index in [1.54, 1.807) is 0 Å². The second-order valence-electron chi connectivity index (χ2n) is 7.32. The van der Waals surface area contributed by atoms with E-state index in [1.807, 2.05) is 38.6 Å². The highest BCUT2D eigenvalue weighted by Crippen LogP contribution is 2.40. The number of thiocarbonyl (C=S) groups is 1. The zero-order chi connectivity index (χ0) is 18.2. The number of anilines is 1. The molecule has 1 aromatic rings. The van der Waals surface area contributed by atoms with Crippen LogP contribution in [0.25, 0.3) is 0 Å². The maximum Gasteiger partial charge on any atom is 0.176 e. The van der Waals surface area contributed by atoms with Crippen molar-refractivity contribution >= 4 is 44.6 Å². The van der Waals surface area contributed by atoms with Gasteiger partial charge < -0.3 is 9.80 Å². The number of rotatable bonds is 6. The predicted molar refractivity (Wildman–Crippen MR) is 110 cm³/mol. The molecule has 2 aliphatic heterocycles. The van der Waals surface area contributed by atoms with Crippen LogP contribution in [-0.2, 0) is 9.84 Å². The van der Waals surface area contributed by atoms with Gasteiger partial charge in [-0.25, -0.2) is 8.42 Å². The standard InChI is InChI=1S/C18H26N2O2S3/c1-4-18(2,3)25(21,22)11-7-10-19-12-14-13-24-16-9-6-5-8-15(16)20(14)17(19)23/h5-6,8-9,14H,4,7,10-13H2,1-3H3. The molecule has 138 valence electrons. The van der Waals surface area contributed by atoms with E-state index < -0.39 is 14.6 Å². The van der Waals surface area contributed by atoms with E-state index in [0.29, 0.717) is 25.4 Å². The van der Waals surface area contributed by atoms with Crippen molar-refractivity contribution in [2.75, 3.05) is 29.5 Å². The van der Waals surface area contributed by atoms with Crippen LogP contribution in [0.2, 0.25) is 0 Å². The number of para-hydroxylation sites is 1. The predicted octanol–water partition coefficient (Wildman–Crippen LogP) is 3.56. The summed E-state index contributed by atoms with van der Waals surface area (Å²) in [4.78, 5) is 5.71. The van der Waals surface area contributed by atoms with Crippen molar-refractivity contribution < 1.29 is 8.42 Å². The summed E-state index contributed by atoms with van der Waals surface area (Å²) in [5.41, 5.74) is 1.19. The Bertz CT molecular complexity index is 761. The highest BCUT2D eigenvalue weighted by molar-refractivity contribution is 7.99. The summed E-state index contributed by atoms with van der Waals surface area (Å²) in [5.74, 6) is 1.25. The molecule has 2 heterocycles. The Balaban J connectivity index is 1.64. The summed E-state index contributed by atoms with van der Waals surface area (Å²) in [7, 11) is -3.08. The number of sulfone groups is 1. The van der Waals surface area contributed by atoms with Crippen LogP contribution < -0.4 is 4.90 Å². The van der Waals surface area contributed by atoms with Crippen molar-refractivity contribution in [2.45, 2.75) is 49.3 Å². The van der Waals surface area contributed by atoms with Crippen molar-refractivity contribution in [3.05, 3.63) is 24.3 Å². The minimum absolute atomic E-state index is 0.225. The van der Waals surface area contributed by atoms with Gasteiger partial charge in [-0.15, -0.1) is 11.8 Å². The fraction of sp³-hybridized carbons (Fsp3) is 0.611. The molecule has 7 heteroatoms. The Hall–Kier alpha value is -0.790. The third-order valence-corrected chi connectivity index (χ3v) is 9.82. The van der Waals surface area contributed by atoms with E-state index in [4.69, 9.17) is 12.2 Å². The first-order chi connectivity index (χ1) is 11.8. The highest BCUT2D eigenvalue weighted by atomic mass is 32.2. The maximum absolute atomic E-state index is 12.5. The van der Waals surface area contributed by atoms with Crippen molar-refractivity contribution in [1.82, 2.24) is 4.90 Å². The molecular weight excluding hydrogens is 372 g/mol. The number of hydrogen-bond acceptors (Lipinski definition) is 4. The molecule has 2 aliphatic rings. The normalized spacial score (nSPS) is 20.6. The fourth-order valence-electron chi connectivity index (χ4n) is 3.24. The monoisotopic (exact) mass is 398 g/mol. The quantitative estimate of drug-likeness (QED) is 0.683. The lowest BCUT2D eigenvalue weighted by Gasteiger charge is -2.31. The van der Waals surface area contributed by atoms with Crippen molar-refractivity contribution in [1.29, 1.82) is 0 Å². The van der Waals surface area contributed by atoms with Gasteiger partial charge in [0, 0.05) is 23.7 Å². The second kappa shape index (κ2) is 7.08. The van der Waals surface area contributed by atoms with E-state index in [1.165, 1.54) is 10.6 Å². The summed E-state index contributed by atoms with van der Waals surface area (Å²) in [6.07, 6.45) is 1.27. The molecule has 4 nitrogen and oxygen atoms in total. The lowest BCUT2D eigenvalue weighted by Crippen LogP contribution is -2.38. The van der Waals surface area contributed by atoms with Gasteiger partial charge in [0.15, 0.2) is 14.9 Å². The molecule has 0 N–H and O–H groups in total. The zero-order valence-electron chi connectivity index (χ0n) is 15.1. The number of benzene rings is 1. The summed E-state index contributed by atoms with van der Waals surface area (Å²) in [5, 5.41) is 0.838. The summed E-state index contributed by atoms with van der Waals surface area (Å²) < 4.78 is 24.3. The zero-order valence-corrected chi connectivity index (χ0v) is 17.5. The Kier molecular flexibility index (Phi) is 5.38. The number of nitrogens with zero attached hydrogens (tertiary/aromatic N) is 2. The molecule has 0 amide bonds. The van der Waals surface area contributed by atoms with Gasteiger partial charge in [0.25, 0.3) is 0 Å². The Labute approximate surface area is 160 Å². The van der Waals surface area contributed by atoms with Gasteiger partial charge in [-0.3, -0.25) is 0 Å². The Morgan fingerprint density at radius 2 is 2.04 bits per heavy atom. The first-order valence-electron chi connectivity index (χ1n) is 8.79. The average Bonchev–Trinajstić information content (AvgIpc) is 2.91. The first kappa shape index (κ1) is 19.0. The lowest BCUT2D eigenvalue weighted by molar-refractivity contribution is 0.442. The van der Waals surface area contributed by atoms with Crippen LogP contribution >= 0.6 is 24.0 Å². The van der Waals surface area contributed by atoms with Crippen LogP contribution in [0, 0.1) is 0 Å². The fourth-order valence-corrected chi connectivity index (χ4v) is 6.27. The highest BCUT2D eigenvalue weighted by Gasteiger charge is 2.39. The molecule has 0 aromatic heterocycles. The third-order valence-electron chi connectivity index (χ3n) is 5.36. The Morgan fingerprint density at radius 3 is 2.76 bits per heavy atom. The summed E-state index contributed by atoms with van der Waals surface area (Å²) in [6.45, 7) is 7.16. The second-order valence-corrected chi connectivity index (χ2v) is 11.5. The molecule has 0 aliphatic carbocycles. The SMILES string of the molecule is CCC(C)(C)S(=O)(=O)CCCN1CC2CSc3ccccc3N2C1=S. The molecule has 0 spiro atoms. The number of thioether (sulfide) groups is 1. The third kappa shape index (κ3) is 3.55. The lowest BCUT2D eigenvalue weighted by atomic mass is 10.1. The molecule has 25 heavy (non-hydrogen) atoms. The van der Waals surface area contributed by atoms with Crippen molar-refractivity contribution in [3.8, 4) is 0 Å². The molecule has 0 saturated carbocycles. The molecule has 1 fully saturated rings. The van der Waals surface area contributed by atoms with E-state index in [0.717, 1.165) is 17.4 Å². The summed E-state index contributed by atoms with van der Waals surface area (Å²) >= 11 is 7.59. The topological polar surface area (TPSA) is 40.6 Å². The van der Waals surface area contributed by atoms with Crippen LogP contribution in [0.15, 0.2) is 29.2 Å². The maximum atomic E-state index is 12.5. The van der Waals surface area contributed by atoms with Gasteiger partial charge in [-0.2, -0.15) is 0 Å². The van der Waals surface area contributed by atoms with Gasteiger partial charge in [0.1, 0.15) is 0 Å². The molecule has 1 aromatic carbocycles. The molecule has 3 rings (SSSR count). The number of fused-ring (bicyclic) bond motifs is 3. The first-order valence-corrected chi connectivity index (χ1v) is 11.8. The largest absolute Gasteiger partial charge is 0.347 e. The van der Waals surface area contributed by atoms with Gasteiger partial charge in [-0.1, -0.05) is 19.1 Å². The molecule has 0 bridgehead atoms.